The zero-order valence-corrected chi connectivity index (χ0v) is 35.0. The predicted molar refractivity (Wildman–Crippen MR) is 216 cm³/mol. The molecule has 60 heavy (non-hydrogen) atoms. The molecule has 0 saturated heterocycles. The van der Waals surface area contributed by atoms with Gasteiger partial charge in [0.25, 0.3) is 0 Å². The summed E-state index contributed by atoms with van der Waals surface area (Å²) in [7, 11) is 3.99. The first-order valence-corrected chi connectivity index (χ1v) is 19.5. The summed E-state index contributed by atoms with van der Waals surface area (Å²) < 4.78 is 44.4. The average molecular weight is 974 g/mol. The van der Waals surface area contributed by atoms with Crippen molar-refractivity contribution in [2.45, 2.75) is 37.8 Å². The molecule has 3 aromatic carbocycles. The summed E-state index contributed by atoms with van der Waals surface area (Å²) in [6.45, 7) is 0. The van der Waals surface area contributed by atoms with E-state index in [0.29, 0.717) is 11.8 Å². The molecule has 0 spiro atoms. The molecule has 301 valence electrons. The smallest absolute Gasteiger partial charge is 0.413 e. The molecule has 1 radical (unpaired) electrons. The molecular formula is C48H36F3IrN8-3. The molecule has 5 aliphatic carbocycles. The molecule has 0 saturated carbocycles. The van der Waals surface area contributed by atoms with Gasteiger partial charge in [-0.25, -0.2) is 0 Å². The molecule has 12 rings (SSSR count). The summed E-state index contributed by atoms with van der Waals surface area (Å²) in [5.41, 5.74) is 13.9. The van der Waals surface area contributed by atoms with Crippen LogP contribution in [-0.4, -0.2) is 24.2 Å². The van der Waals surface area contributed by atoms with Crippen molar-refractivity contribution in [3.8, 4) is 22.9 Å². The third-order valence-electron chi connectivity index (χ3n) is 11.4. The van der Waals surface area contributed by atoms with Crippen molar-refractivity contribution < 1.29 is 42.4 Å². The molecule has 0 amide bonds. The molecule has 2 unspecified atom stereocenters. The second-order valence-electron chi connectivity index (χ2n) is 15.1. The van der Waals surface area contributed by atoms with E-state index in [2.05, 4.69) is 129 Å². The average Bonchev–Trinajstić information content (AvgIpc) is 4.05. The Hall–Kier alpha value is -6.23. The van der Waals surface area contributed by atoms with Crippen LogP contribution in [0.3, 0.4) is 0 Å². The van der Waals surface area contributed by atoms with Crippen molar-refractivity contribution in [2.75, 3.05) is 0 Å². The minimum atomic E-state index is -4.57. The summed E-state index contributed by atoms with van der Waals surface area (Å²) in [4.78, 5) is 7.05. The molecule has 0 fully saturated rings. The van der Waals surface area contributed by atoms with Gasteiger partial charge in [-0.1, -0.05) is 84.5 Å². The van der Waals surface area contributed by atoms with Crippen molar-refractivity contribution in [1.82, 2.24) is 29.3 Å². The Balaban J connectivity index is 0.000000117. The van der Waals surface area contributed by atoms with Crippen LogP contribution in [0.2, 0.25) is 0 Å². The van der Waals surface area contributed by atoms with Crippen LogP contribution < -0.4 is 14.2 Å². The van der Waals surface area contributed by atoms with Gasteiger partial charge in [0.2, 0.25) is 12.7 Å². The van der Waals surface area contributed by atoms with Gasteiger partial charge >= 0.3 is 6.18 Å². The van der Waals surface area contributed by atoms with E-state index in [1.54, 1.807) is 17.7 Å². The minimum Gasteiger partial charge on any atom is -0.413 e. The molecule has 0 bridgehead atoms. The molecule has 12 heteroatoms. The van der Waals surface area contributed by atoms with E-state index in [1.165, 1.54) is 62.0 Å². The van der Waals surface area contributed by atoms with E-state index in [0.717, 1.165) is 37.1 Å². The van der Waals surface area contributed by atoms with E-state index in [9.17, 15) is 13.2 Å². The van der Waals surface area contributed by atoms with E-state index < -0.39 is 12.0 Å². The number of rotatable bonds is 3. The third-order valence-corrected chi connectivity index (χ3v) is 11.4. The van der Waals surface area contributed by atoms with E-state index >= 15 is 0 Å². The van der Waals surface area contributed by atoms with Gasteiger partial charge in [0.1, 0.15) is 5.82 Å². The Morgan fingerprint density at radius 1 is 0.833 bits per heavy atom. The third kappa shape index (κ3) is 7.13. The second-order valence-corrected chi connectivity index (χ2v) is 15.1. The molecule has 0 aliphatic heterocycles. The Labute approximate surface area is 358 Å². The first-order chi connectivity index (χ1) is 28.7. The standard InChI is InChI=1S/C20H17N2.C20H15N2.C8H4F3N4.Ir/c2*1-21-11-12-22(13-21)18-10-8-16-6-5-14-3-2-4-15-7-9-17(18)20(16)19(14)15;9-8(10,11)7-13-6(14-15-7)5-3-1-2-4-12-5;/h2,4-5,7-9,11-12,15,19H,3,6H2,1H3;2,4-5,7-9,11-12H,3,6H2,1H3;1-4H;/q3*-1;. The number of hydrogen-bond acceptors (Lipinski definition) is 3. The maximum atomic E-state index is 12.1. The molecule has 7 aromatic rings. The van der Waals surface area contributed by atoms with Crippen LogP contribution >= 0.6 is 0 Å². The van der Waals surface area contributed by atoms with Crippen molar-refractivity contribution in [2.24, 2.45) is 20.0 Å². The first-order valence-electron chi connectivity index (χ1n) is 19.5. The number of pyridine rings is 1. The van der Waals surface area contributed by atoms with Crippen LogP contribution in [-0.2, 0) is 53.2 Å². The first kappa shape index (κ1) is 39.2. The molecule has 4 heterocycles. The van der Waals surface area contributed by atoms with E-state index in [-0.39, 0.29) is 31.6 Å². The molecule has 8 nitrogen and oxygen atoms in total. The quantitative estimate of drug-likeness (QED) is 0.102. The van der Waals surface area contributed by atoms with Crippen LogP contribution in [0, 0.1) is 30.7 Å². The van der Waals surface area contributed by atoms with Gasteiger partial charge in [-0.05, 0) is 53.4 Å². The summed E-state index contributed by atoms with van der Waals surface area (Å²) in [5, 5.41) is 8.92. The number of alkyl halides is 3. The van der Waals surface area contributed by atoms with Crippen LogP contribution in [0.15, 0.2) is 115 Å². The summed E-state index contributed by atoms with van der Waals surface area (Å²) >= 11 is 0. The van der Waals surface area contributed by atoms with Gasteiger partial charge in [0.15, 0.2) is 0 Å². The van der Waals surface area contributed by atoms with Gasteiger partial charge in [0, 0.05) is 57.0 Å². The summed E-state index contributed by atoms with van der Waals surface area (Å²) in [5.74, 6) is -0.316. The molecule has 5 aliphatic rings. The number of nitrogens with zero attached hydrogens (tertiary/aromatic N) is 8. The van der Waals surface area contributed by atoms with Crippen LogP contribution in [0.1, 0.15) is 58.0 Å². The number of aromatic nitrogens is 8. The van der Waals surface area contributed by atoms with Gasteiger partial charge in [-0.3, -0.25) is 10.1 Å². The van der Waals surface area contributed by atoms with Crippen molar-refractivity contribution in [3.63, 3.8) is 0 Å². The Morgan fingerprint density at radius 2 is 1.60 bits per heavy atom. The van der Waals surface area contributed by atoms with E-state index in [1.807, 2.05) is 46.4 Å². The Bertz CT molecular complexity index is 2930. The summed E-state index contributed by atoms with van der Waals surface area (Å²) in [6, 6.07) is 20.5. The SMILES string of the molecule is C[n+]1[c-]n(-c2[c-]cc3c4c2C=CC2C=CCC(=CC3)C42)cc1.C[n+]1[c-]n(-c2[c-]cc3c4c5c(ccc24)C=CCC5=CC3)cc1.FC(F)(F)c1n[n-]c(-c2ccccn2)n1.[Ir]. The molecule has 2 atom stereocenters. The van der Waals surface area contributed by atoms with Crippen LogP contribution in [0.5, 0.6) is 0 Å². The Kier molecular flexibility index (Phi) is 10.3. The topological polar surface area (TPSA) is 70.4 Å². The normalized spacial score (nSPS) is 17.4. The zero-order valence-electron chi connectivity index (χ0n) is 32.6. The van der Waals surface area contributed by atoms with Gasteiger partial charge in [-0.15, -0.1) is 45.2 Å². The van der Waals surface area contributed by atoms with Crippen molar-refractivity contribution in [3.05, 3.63) is 179 Å². The Morgan fingerprint density at radius 3 is 2.33 bits per heavy atom. The molecular weight excluding hydrogens is 938 g/mol. The number of hydrogen-bond donors (Lipinski definition) is 0. The largest absolute Gasteiger partial charge is 0.429 e. The van der Waals surface area contributed by atoms with Crippen LogP contribution in [0.4, 0.5) is 13.2 Å². The van der Waals surface area contributed by atoms with Crippen LogP contribution in [0.25, 0.3) is 51.4 Å². The number of allylic oxidation sites excluding steroid dienone is 8. The second kappa shape index (κ2) is 15.7. The fraction of sp³-hybridized carbons (Fsp3) is 0.188. The predicted octanol–water partition coefficient (Wildman–Crippen LogP) is 8.00. The fourth-order valence-corrected chi connectivity index (χ4v) is 8.73. The zero-order chi connectivity index (χ0) is 40.3. The maximum absolute atomic E-state index is 12.1. The van der Waals surface area contributed by atoms with Gasteiger partial charge in [0.05, 0.1) is 19.8 Å². The number of benzene rings is 3. The molecule has 4 aromatic heterocycles. The minimum absolute atomic E-state index is 0. The van der Waals surface area contributed by atoms with Crippen molar-refractivity contribution in [1.29, 1.82) is 0 Å². The number of imidazole rings is 2. The fourth-order valence-electron chi connectivity index (χ4n) is 8.73. The monoisotopic (exact) mass is 974 g/mol. The van der Waals surface area contributed by atoms with Gasteiger partial charge < -0.3 is 28.4 Å². The number of aryl methyl sites for hydroxylation is 2. The van der Waals surface area contributed by atoms with Crippen molar-refractivity contribution >= 4 is 28.5 Å². The summed E-state index contributed by atoms with van der Waals surface area (Å²) in [6.07, 6.45) is 34.4. The maximum Gasteiger partial charge on any atom is 0.429 e. The van der Waals surface area contributed by atoms with Gasteiger partial charge in [-0.2, -0.15) is 37.4 Å². The van der Waals surface area contributed by atoms with E-state index in [4.69, 9.17) is 0 Å². The molecule has 0 N–H and O–H groups in total. The number of halogens is 3.